The summed E-state index contributed by atoms with van der Waals surface area (Å²) in [6.45, 7) is 1.80. The molecule has 0 spiro atoms. The fraction of sp³-hybridized carbons (Fsp3) is 0.556. The van der Waals surface area contributed by atoms with Crippen LogP contribution in [0.15, 0.2) is 40.9 Å². The number of hydrogen-bond donors (Lipinski definition) is 2. The van der Waals surface area contributed by atoms with Gasteiger partial charge >= 0.3 is 15.0 Å². The molecule has 3 heterocycles. The molecule has 11 nitrogen and oxygen atoms in total. The number of Topliss-reactive ketones (excluding diaryl/α,β-unsaturated/α-hetero) is 1. The Hall–Kier alpha value is -3.03. The van der Waals surface area contributed by atoms with Crippen LogP contribution >= 0.6 is 11.3 Å². The van der Waals surface area contributed by atoms with Crippen LogP contribution in [0.2, 0.25) is 0 Å². The average Bonchev–Trinajstić information content (AvgIpc) is 3.32. The van der Waals surface area contributed by atoms with Gasteiger partial charge in [-0.3, -0.25) is 14.4 Å². The summed E-state index contributed by atoms with van der Waals surface area (Å²) >= 11 is 1.23. The third kappa shape index (κ3) is 7.18. The lowest BCUT2D eigenvalue weighted by molar-refractivity contribution is -0.646. The Morgan fingerprint density at radius 3 is 2.67 bits per heavy atom. The molecule has 1 unspecified atom stereocenters. The molecular weight excluding hydrogens is 556 g/mol. The van der Waals surface area contributed by atoms with Crippen molar-refractivity contribution in [2.45, 2.75) is 75.4 Å². The summed E-state index contributed by atoms with van der Waals surface area (Å²) in [6, 6.07) is 4.01. The van der Waals surface area contributed by atoms with Crippen LogP contribution in [0.3, 0.4) is 0 Å². The van der Waals surface area contributed by atoms with E-state index in [0.717, 1.165) is 42.6 Å². The van der Waals surface area contributed by atoms with Gasteiger partial charge in [-0.2, -0.15) is 9.04 Å². The number of rotatable bonds is 10. The number of ether oxygens (including phenoxy) is 1. The molecular formula is C27H36N4O7S2. The second-order valence-corrected chi connectivity index (χ2v) is 13.0. The SMILES string of the molecule is CCOc1ccsc1C(=O)N[C@@H](CC1CCCCC1)C(=O)NC1CCCN(S(=O)(=O)c2cccc[n+]2[O-])CC1=O. The summed E-state index contributed by atoms with van der Waals surface area (Å²) in [5.41, 5.74) is 0. The van der Waals surface area contributed by atoms with Gasteiger partial charge in [0.05, 0.1) is 19.2 Å². The molecule has 218 valence electrons. The Labute approximate surface area is 238 Å². The zero-order valence-electron chi connectivity index (χ0n) is 22.5. The quantitative estimate of drug-likeness (QED) is 0.318. The first-order valence-electron chi connectivity index (χ1n) is 13.7. The van der Waals surface area contributed by atoms with Crippen molar-refractivity contribution in [3.63, 3.8) is 0 Å². The van der Waals surface area contributed by atoms with Crippen molar-refractivity contribution < 1.29 is 32.3 Å². The van der Waals surface area contributed by atoms with Gasteiger partial charge in [-0.25, -0.2) is 8.42 Å². The Balaban J connectivity index is 1.46. The molecule has 40 heavy (non-hydrogen) atoms. The topological polar surface area (TPSA) is 149 Å². The third-order valence-electron chi connectivity index (χ3n) is 7.38. The highest BCUT2D eigenvalue weighted by molar-refractivity contribution is 7.89. The molecule has 0 aromatic carbocycles. The number of nitrogens with one attached hydrogen (secondary N) is 2. The van der Waals surface area contributed by atoms with Crippen LogP contribution in [0.4, 0.5) is 0 Å². The van der Waals surface area contributed by atoms with Gasteiger partial charge in [0.2, 0.25) is 5.91 Å². The minimum absolute atomic E-state index is 0.0379. The van der Waals surface area contributed by atoms with Gasteiger partial charge < -0.3 is 20.6 Å². The predicted molar refractivity (Wildman–Crippen MR) is 148 cm³/mol. The second kappa shape index (κ2) is 13.6. The van der Waals surface area contributed by atoms with E-state index in [9.17, 15) is 28.0 Å². The van der Waals surface area contributed by atoms with E-state index < -0.39 is 51.3 Å². The van der Waals surface area contributed by atoms with Crippen molar-refractivity contribution in [2.24, 2.45) is 5.92 Å². The Kier molecular flexibility index (Phi) is 10.1. The molecule has 1 saturated carbocycles. The molecule has 4 rings (SSSR count). The van der Waals surface area contributed by atoms with E-state index in [1.54, 1.807) is 11.4 Å². The molecule has 1 aliphatic carbocycles. The molecule has 13 heteroatoms. The van der Waals surface area contributed by atoms with Crippen molar-refractivity contribution in [1.29, 1.82) is 0 Å². The fourth-order valence-corrected chi connectivity index (χ4v) is 7.52. The standard InChI is InChI=1S/C27H36N4O7S2/c1-2-38-23-13-16-39-25(23)27(34)29-21(17-19-9-4-3-5-10-19)26(33)28-20-11-8-14-30(18-22(20)32)40(36,37)24-12-6-7-15-31(24)35/h6-7,12-13,15-16,19-21H,2-5,8-11,14,17-18H2,1H3,(H,28,33)(H,29,34)/t20?,21-/m0/s1. The van der Waals surface area contributed by atoms with Crippen molar-refractivity contribution >= 4 is 39.0 Å². The number of amides is 2. The lowest BCUT2D eigenvalue weighted by Crippen LogP contribution is -2.53. The number of pyridine rings is 1. The predicted octanol–water partition coefficient (Wildman–Crippen LogP) is 2.39. The first-order chi connectivity index (χ1) is 19.2. The van der Waals surface area contributed by atoms with Crippen LogP contribution in [0.1, 0.15) is 68.0 Å². The van der Waals surface area contributed by atoms with Crippen molar-refractivity contribution in [3.05, 3.63) is 45.9 Å². The Morgan fingerprint density at radius 2 is 1.95 bits per heavy atom. The molecule has 2 fully saturated rings. The number of aromatic nitrogens is 1. The number of carbonyl (C=O) groups is 3. The first-order valence-corrected chi connectivity index (χ1v) is 16.0. The molecule has 1 aliphatic heterocycles. The number of nitrogens with zero attached hydrogens (tertiary/aromatic N) is 2. The maximum absolute atomic E-state index is 13.5. The maximum Gasteiger partial charge on any atom is 0.323 e. The van der Waals surface area contributed by atoms with Gasteiger partial charge in [0.25, 0.3) is 5.91 Å². The first kappa shape index (κ1) is 29.9. The highest BCUT2D eigenvalue weighted by Gasteiger charge is 2.37. The largest absolute Gasteiger partial charge is 0.618 e. The van der Waals surface area contributed by atoms with E-state index >= 15 is 0 Å². The zero-order valence-corrected chi connectivity index (χ0v) is 24.2. The summed E-state index contributed by atoms with van der Waals surface area (Å²) in [7, 11) is -4.20. The van der Waals surface area contributed by atoms with E-state index in [1.165, 1.54) is 29.5 Å². The van der Waals surface area contributed by atoms with Gasteiger partial charge in [0, 0.05) is 18.7 Å². The Morgan fingerprint density at radius 1 is 1.18 bits per heavy atom. The van der Waals surface area contributed by atoms with E-state index in [-0.39, 0.29) is 23.6 Å². The maximum atomic E-state index is 13.5. The highest BCUT2D eigenvalue weighted by atomic mass is 32.2. The number of hydrogen-bond acceptors (Lipinski definition) is 8. The van der Waals surface area contributed by atoms with Gasteiger partial charge in [0.1, 0.15) is 16.7 Å². The molecule has 0 radical (unpaired) electrons. The molecule has 2 aromatic rings. The van der Waals surface area contributed by atoms with Crippen molar-refractivity contribution in [1.82, 2.24) is 14.9 Å². The fourth-order valence-electron chi connectivity index (χ4n) is 5.31. The van der Waals surface area contributed by atoms with Gasteiger partial charge in [-0.1, -0.05) is 32.1 Å². The smallest absolute Gasteiger partial charge is 0.323 e. The number of sulfonamides is 1. The molecule has 1 saturated heterocycles. The molecule has 2 atom stereocenters. The van der Waals surface area contributed by atoms with Crippen molar-refractivity contribution in [2.75, 3.05) is 19.7 Å². The van der Waals surface area contributed by atoms with E-state index in [2.05, 4.69) is 10.6 Å². The van der Waals surface area contributed by atoms with E-state index in [4.69, 9.17) is 4.74 Å². The van der Waals surface area contributed by atoms with E-state index in [0.29, 0.717) is 30.1 Å². The zero-order chi connectivity index (χ0) is 28.7. The lowest BCUT2D eigenvalue weighted by Gasteiger charge is -2.28. The number of carbonyl (C=O) groups excluding carboxylic acids is 3. The van der Waals surface area contributed by atoms with Crippen LogP contribution in [-0.4, -0.2) is 62.1 Å². The van der Waals surface area contributed by atoms with Gasteiger partial charge in [-0.15, -0.1) is 11.3 Å². The van der Waals surface area contributed by atoms with Crippen molar-refractivity contribution in [3.8, 4) is 5.75 Å². The second-order valence-electron chi connectivity index (χ2n) is 10.2. The summed E-state index contributed by atoms with van der Waals surface area (Å²) in [5, 5.41) is 19.0. The average molecular weight is 593 g/mol. The van der Waals surface area contributed by atoms with Crippen LogP contribution in [0, 0.1) is 11.1 Å². The minimum atomic E-state index is -4.20. The molecule has 0 bridgehead atoms. The summed E-state index contributed by atoms with van der Waals surface area (Å²) in [5.74, 6) is -0.617. The minimum Gasteiger partial charge on any atom is -0.618 e. The molecule has 2 aliphatic rings. The van der Waals surface area contributed by atoms with Crippen LogP contribution in [0.25, 0.3) is 0 Å². The molecule has 2 amide bonds. The van der Waals surface area contributed by atoms with Crippen LogP contribution in [0.5, 0.6) is 5.75 Å². The number of ketones is 1. The Bertz CT molecular complexity index is 1310. The molecule has 2 N–H and O–H groups in total. The monoisotopic (exact) mass is 592 g/mol. The van der Waals surface area contributed by atoms with Gasteiger partial charge in [-0.05, 0) is 49.6 Å². The molecule has 2 aromatic heterocycles. The lowest BCUT2D eigenvalue weighted by atomic mass is 9.84. The number of thiophene rings is 1. The summed E-state index contributed by atoms with van der Waals surface area (Å²) in [6.07, 6.45) is 7.33. The van der Waals surface area contributed by atoms with E-state index in [1.807, 2.05) is 6.92 Å². The summed E-state index contributed by atoms with van der Waals surface area (Å²) in [4.78, 5) is 40.2. The normalized spacial score (nSPS) is 19.9. The van der Waals surface area contributed by atoms with Crippen LogP contribution in [-0.2, 0) is 19.6 Å². The third-order valence-corrected chi connectivity index (χ3v) is 10.1. The van der Waals surface area contributed by atoms with Gasteiger partial charge in [0.15, 0.2) is 12.0 Å². The highest BCUT2D eigenvalue weighted by Crippen LogP contribution is 2.29. The summed E-state index contributed by atoms with van der Waals surface area (Å²) < 4.78 is 33.0. The van der Waals surface area contributed by atoms with Crippen LogP contribution < -0.4 is 20.1 Å².